The Hall–Kier alpha value is -2.89. The van der Waals surface area contributed by atoms with E-state index in [1.165, 1.54) is 0 Å². The van der Waals surface area contributed by atoms with Crippen molar-refractivity contribution in [1.82, 2.24) is 10.3 Å². The molecule has 2 amide bonds. The van der Waals surface area contributed by atoms with E-state index in [9.17, 15) is 9.59 Å². The van der Waals surface area contributed by atoms with Crippen molar-refractivity contribution in [3.63, 3.8) is 0 Å². The molecule has 1 aromatic carbocycles. The molecule has 0 unspecified atom stereocenters. The third-order valence-electron chi connectivity index (χ3n) is 4.50. The van der Waals surface area contributed by atoms with Gasteiger partial charge in [0.2, 0.25) is 11.8 Å². The number of anilines is 1. The molecule has 1 aliphatic heterocycles. The van der Waals surface area contributed by atoms with E-state index in [0.717, 1.165) is 30.5 Å². The van der Waals surface area contributed by atoms with Crippen LogP contribution < -0.4 is 15.4 Å². The van der Waals surface area contributed by atoms with Gasteiger partial charge in [-0.25, -0.2) is 0 Å². The van der Waals surface area contributed by atoms with E-state index in [4.69, 9.17) is 4.74 Å². The number of carbonyl (C=O) groups excluding carboxylic acids is 2. The van der Waals surface area contributed by atoms with Crippen LogP contribution in [0.5, 0.6) is 5.75 Å². The molecule has 1 atom stereocenters. The number of hydrogen-bond acceptors (Lipinski definition) is 4. The number of unbranched alkanes of at least 4 members (excludes halogenated alkanes) is 1. The van der Waals surface area contributed by atoms with Crippen LogP contribution in [0, 0.1) is 0 Å². The molecule has 2 N–H and O–H groups in total. The Morgan fingerprint density at radius 1 is 1.31 bits per heavy atom. The van der Waals surface area contributed by atoms with Crippen LogP contribution in [-0.4, -0.2) is 30.5 Å². The summed E-state index contributed by atoms with van der Waals surface area (Å²) in [5, 5.41) is 5.77. The van der Waals surface area contributed by atoms with Crippen molar-refractivity contribution in [2.45, 2.75) is 31.6 Å². The molecule has 26 heavy (non-hydrogen) atoms. The SMILES string of the molecule is COc1ccc2c(c1)[C@H](C(=O)NCCCCc1ccccn1)CC(=O)N2. The number of rotatable bonds is 7. The summed E-state index contributed by atoms with van der Waals surface area (Å²) in [5.74, 6) is -0.0668. The first-order chi connectivity index (χ1) is 12.7. The first kappa shape index (κ1) is 17.9. The quantitative estimate of drug-likeness (QED) is 0.750. The van der Waals surface area contributed by atoms with Gasteiger partial charge < -0.3 is 15.4 Å². The highest BCUT2D eigenvalue weighted by molar-refractivity contribution is 6.01. The number of aromatic nitrogens is 1. The molecule has 1 aliphatic rings. The molecule has 0 bridgehead atoms. The first-order valence-corrected chi connectivity index (χ1v) is 8.83. The average molecular weight is 353 g/mol. The summed E-state index contributed by atoms with van der Waals surface area (Å²) in [7, 11) is 1.58. The summed E-state index contributed by atoms with van der Waals surface area (Å²) < 4.78 is 5.24. The standard InChI is InChI=1S/C20H23N3O3/c1-26-15-8-9-18-16(12-15)17(13-19(24)23-18)20(25)22-11-5-3-7-14-6-2-4-10-21-14/h2,4,6,8-10,12,17H,3,5,7,11,13H2,1H3,(H,22,25)(H,23,24)/t17-/m1/s1. The number of carbonyl (C=O) groups is 2. The molecular weight excluding hydrogens is 330 g/mol. The van der Waals surface area contributed by atoms with Crippen LogP contribution in [-0.2, 0) is 16.0 Å². The summed E-state index contributed by atoms with van der Waals surface area (Å²) in [6.45, 7) is 0.586. The smallest absolute Gasteiger partial charge is 0.228 e. The molecule has 136 valence electrons. The summed E-state index contributed by atoms with van der Waals surface area (Å²) in [6.07, 6.45) is 4.65. The zero-order chi connectivity index (χ0) is 18.4. The van der Waals surface area contributed by atoms with Gasteiger partial charge in [0.05, 0.1) is 13.0 Å². The lowest BCUT2D eigenvalue weighted by molar-refractivity contribution is -0.126. The van der Waals surface area contributed by atoms with Gasteiger partial charge in [0.15, 0.2) is 0 Å². The Balaban J connectivity index is 1.54. The van der Waals surface area contributed by atoms with Gasteiger partial charge in [-0.05, 0) is 55.2 Å². The summed E-state index contributed by atoms with van der Waals surface area (Å²) in [6, 6.07) is 11.2. The molecule has 0 saturated carbocycles. The summed E-state index contributed by atoms with van der Waals surface area (Å²) in [5.41, 5.74) is 2.54. The number of pyridine rings is 1. The van der Waals surface area contributed by atoms with Gasteiger partial charge in [-0.3, -0.25) is 14.6 Å². The average Bonchev–Trinajstić information content (AvgIpc) is 2.67. The summed E-state index contributed by atoms with van der Waals surface area (Å²) >= 11 is 0. The molecular formula is C20H23N3O3. The van der Waals surface area contributed by atoms with Crippen molar-refractivity contribution in [3.05, 3.63) is 53.9 Å². The van der Waals surface area contributed by atoms with Gasteiger partial charge >= 0.3 is 0 Å². The topological polar surface area (TPSA) is 80.3 Å². The zero-order valence-corrected chi connectivity index (χ0v) is 14.8. The monoisotopic (exact) mass is 353 g/mol. The second kappa shape index (κ2) is 8.47. The minimum atomic E-state index is -0.482. The Morgan fingerprint density at radius 3 is 2.96 bits per heavy atom. The Kier molecular flexibility index (Phi) is 5.84. The molecule has 3 rings (SSSR count). The van der Waals surface area contributed by atoms with E-state index in [-0.39, 0.29) is 18.2 Å². The van der Waals surface area contributed by atoms with Crippen LogP contribution in [0.1, 0.15) is 36.4 Å². The van der Waals surface area contributed by atoms with Gasteiger partial charge in [-0.2, -0.15) is 0 Å². The number of amides is 2. The zero-order valence-electron chi connectivity index (χ0n) is 14.8. The molecule has 0 aliphatic carbocycles. The predicted molar refractivity (Wildman–Crippen MR) is 99.2 cm³/mol. The molecule has 0 spiro atoms. The van der Waals surface area contributed by atoms with E-state index in [1.807, 2.05) is 24.3 Å². The van der Waals surface area contributed by atoms with Crippen molar-refractivity contribution in [1.29, 1.82) is 0 Å². The van der Waals surface area contributed by atoms with Gasteiger partial charge in [-0.15, -0.1) is 0 Å². The van der Waals surface area contributed by atoms with E-state index in [2.05, 4.69) is 15.6 Å². The van der Waals surface area contributed by atoms with E-state index in [0.29, 0.717) is 18.0 Å². The van der Waals surface area contributed by atoms with E-state index >= 15 is 0 Å². The molecule has 0 fully saturated rings. The minimum Gasteiger partial charge on any atom is -0.497 e. The Labute approximate surface area is 153 Å². The number of methoxy groups -OCH3 is 1. The van der Waals surface area contributed by atoms with Crippen molar-refractivity contribution in [2.75, 3.05) is 19.0 Å². The maximum absolute atomic E-state index is 12.6. The number of nitrogens with one attached hydrogen (secondary N) is 2. The van der Waals surface area contributed by atoms with Crippen molar-refractivity contribution in [3.8, 4) is 5.75 Å². The fourth-order valence-corrected chi connectivity index (χ4v) is 3.11. The predicted octanol–water partition coefficient (Wildman–Crippen LogP) is 2.66. The van der Waals surface area contributed by atoms with Crippen LogP contribution >= 0.6 is 0 Å². The molecule has 6 nitrogen and oxygen atoms in total. The molecule has 2 heterocycles. The third-order valence-corrected chi connectivity index (χ3v) is 4.50. The normalized spacial score (nSPS) is 15.7. The first-order valence-electron chi connectivity index (χ1n) is 8.83. The fourth-order valence-electron chi connectivity index (χ4n) is 3.11. The second-order valence-corrected chi connectivity index (χ2v) is 6.33. The van der Waals surface area contributed by atoms with Gasteiger partial charge in [0.1, 0.15) is 5.75 Å². The largest absolute Gasteiger partial charge is 0.497 e. The Bertz CT molecular complexity index is 777. The highest BCUT2D eigenvalue weighted by Crippen LogP contribution is 2.34. The maximum Gasteiger partial charge on any atom is 0.228 e. The number of hydrogen-bond donors (Lipinski definition) is 2. The van der Waals surface area contributed by atoms with Gasteiger partial charge in [0.25, 0.3) is 0 Å². The van der Waals surface area contributed by atoms with Crippen molar-refractivity contribution < 1.29 is 14.3 Å². The van der Waals surface area contributed by atoms with Crippen LogP contribution in [0.2, 0.25) is 0 Å². The summed E-state index contributed by atoms with van der Waals surface area (Å²) in [4.78, 5) is 28.8. The van der Waals surface area contributed by atoms with E-state index in [1.54, 1.807) is 25.4 Å². The third kappa shape index (κ3) is 4.39. The van der Waals surface area contributed by atoms with Gasteiger partial charge in [0, 0.05) is 30.5 Å². The minimum absolute atomic E-state index is 0.118. The lowest BCUT2D eigenvalue weighted by Gasteiger charge is -2.25. The lowest BCUT2D eigenvalue weighted by atomic mass is 9.89. The number of fused-ring (bicyclic) bond motifs is 1. The van der Waals surface area contributed by atoms with Crippen LogP contribution in [0.3, 0.4) is 0 Å². The number of nitrogens with zero attached hydrogens (tertiary/aromatic N) is 1. The van der Waals surface area contributed by atoms with Crippen molar-refractivity contribution >= 4 is 17.5 Å². The molecule has 0 saturated heterocycles. The Morgan fingerprint density at radius 2 is 2.19 bits per heavy atom. The van der Waals surface area contributed by atoms with Gasteiger partial charge in [-0.1, -0.05) is 6.07 Å². The number of aryl methyl sites for hydroxylation is 1. The van der Waals surface area contributed by atoms with Crippen LogP contribution in [0.25, 0.3) is 0 Å². The maximum atomic E-state index is 12.6. The fraction of sp³-hybridized carbons (Fsp3) is 0.350. The molecule has 6 heteroatoms. The highest BCUT2D eigenvalue weighted by atomic mass is 16.5. The van der Waals surface area contributed by atoms with Crippen molar-refractivity contribution in [2.24, 2.45) is 0 Å². The molecule has 2 aromatic rings. The van der Waals surface area contributed by atoms with Crippen LogP contribution in [0.15, 0.2) is 42.6 Å². The lowest BCUT2D eigenvalue weighted by Crippen LogP contribution is -2.35. The number of ether oxygens (including phenoxy) is 1. The van der Waals surface area contributed by atoms with E-state index < -0.39 is 5.92 Å². The molecule has 1 aromatic heterocycles. The molecule has 0 radical (unpaired) electrons. The van der Waals surface area contributed by atoms with Crippen LogP contribution in [0.4, 0.5) is 5.69 Å². The second-order valence-electron chi connectivity index (χ2n) is 6.33. The number of benzene rings is 1. The highest BCUT2D eigenvalue weighted by Gasteiger charge is 2.30.